The van der Waals surface area contributed by atoms with Crippen molar-refractivity contribution >= 4 is 23.6 Å². The van der Waals surface area contributed by atoms with Crippen LogP contribution in [0.1, 0.15) is 21.7 Å². The van der Waals surface area contributed by atoms with Gasteiger partial charge in [-0.2, -0.15) is 0 Å². The fraction of sp³-hybridized carbons (Fsp3) is 0.214. The molecule has 2 rings (SSSR count). The number of aryl methyl sites for hydroxylation is 1. The molecule has 0 radical (unpaired) electrons. The lowest BCUT2D eigenvalue weighted by Crippen LogP contribution is -2.16. The zero-order valence-electron chi connectivity index (χ0n) is 10.3. The molecule has 0 fully saturated rings. The fourth-order valence-electron chi connectivity index (χ4n) is 1.77. The lowest BCUT2D eigenvalue weighted by Gasteiger charge is -2.19. The SMILES string of the molecule is Cc1occc1CN(C)c1ccc(C=O)c(Cl)c1. The fourth-order valence-corrected chi connectivity index (χ4v) is 1.99. The van der Waals surface area contributed by atoms with Crippen molar-refractivity contribution in [1.29, 1.82) is 0 Å². The van der Waals surface area contributed by atoms with Gasteiger partial charge in [-0.05, 0) is 31.2 Å². The number of aldehydes is 1. The minimum absolute atomic E-state index is 0.471. The van der Waals surface area contributed by atoms with Crippen molar-refractivity contribution in [2.45, 2.75) is 13.5 Å². The van der Waals surface area contributed by atoms with Gasteiger partial charge in [0.1, 0.15) is 5.76 Å². The van der Waals surface area contributed by atoms with Gasteiger partial charge >= 0.3 is 0 Å². The van der Waals surface area contributed by atoms with E-state index in [0.717, 1.165) is 29.8 Å². The monoisotopic (exact) mass is 263 g/mol. The number of carbonyl (C=O) groups is 1. The molecule has 2 aromatic rings. The van der Waals surface area contributed by atoms with Crippen LogP contribution in [0.3, 0.4) is 0 Å². The van der Waals surface area contributed by atoms with Crippen LogP contribution in [0.15, 0.2) is 34.9 Å². The minimum Gasteiger partial charge on any atom is -0.469 e. The van der Waals surface area contributed by atoms with E-state index in [4.69, 9.17) is 16.0 Å². The van der Waals surface area contributed by atoms with Gasteiger partial charge in [0.2, 0.25) is 0 Å². The maximum atomic E-state index is 10.7. The number of hydrogen-bond donors (Lipinski definition) is 0. The smallest absolute Gasteiger partial charge is 0.151 e. The zero-order valence-corrected chi connectivity index (χ0v) is 11.1. The van der Waals surface area contributed by atoms with Crippen molar-refractivity contribution in [3.8, 4) is 0 Å². The Hall–Kier alpha value is -1.74. The molecule has 18 heavy (non-hydrogen) atoms. The van der Waals surface area contributed by atoms with Crippen LogP contribution >= 0.6 is 11.6 Å². The Kier molecular flexibility index (Phi) is 3.72. The van der Waals surface area contributed by atoms with E-state index in [-0.39, 0.29) is 0 Å². The number of anilines is 1. The molecule has 94 valence electrons. The standard InChI is InChI=1S/C14H14ClNO2/c1-10-11(5-6-18-10)8-16(2)13-4-3-12(9-17)14(15)7-13/h3-7,9H,8H2,1-2H3. The van der Waals surface area contributed by atoms with Gasteiger partial charge in [-0.1, -0.05) is 11.6 Å². The van der Waals surface area contributed by atoms with E-state index < -0.39 is 0 Å². The van der Waals surface area contributed by atoms with Crippen molar-refractivity contribution in [3.05, 3.63) is 52.4 Å². The highest BCUT2D eigenvalue weighted by Crippen LogP contribution is 2.23. The number of halogens is 1. The Balaban J connectivity index is 2.19. The third-order valence-electron chi connectivity index (χ3n) is 2.93. The number of rotatable bonds is 4. The van der Waals surface area contributed by atoms with Crippen LogP contribution < -0.4 is 4.90 Å². The predicted molar refractivity (Wildman–Crippen MR) is 72.4 cm³/mol. The highest BCUT2D eigenvalue weighted by atomic mass is 35.5. The Labute approximate surface area is 111 Å². The van der Waals surface area contributed by atoms with E-state index in [9.17, 15) is 4.79 Å². The molecule has 0 aliphatic rings. The number of furan rings is 1. The lowest BCUT2D eigenvalue weighted by atomic mass is 10.2. The van der Waals surface area contributed by atoms with E-state index in [1.807, 2.05) is 26.1 Å². The lowest BCUT2D eigenvalue weighted by molar-refractivity contribution is 0.112. The van der Waals surface area contributed by atoms with E-state index in [2.05, 4.69) is 4.90 Å². The Bertz CT molecular complexity index is 563. The first-order chi connectivity index (χ1) is 8.61. The van der Waals surface area contributed by atoms with Gasteiger partial charge in [0.15, 0.2) is 6.29 Å². The molecule has 0 aliphatic carbocycles. The topological polar surface area (TPSA) is 33.5 Å². The van der Waals surface area contributed by atoms with Gasteiger partial charge in [-0.3, -0.25) is 4.79 Å². The van der Waals surface area contributed by atoms with Gasteiger partial charge < -0.3 is 9.32 Å². The summed E-state index contributed by atoms with van der Waals surface area (Å²) < 4.78 is 5.26. The molecule has 0 N–H and O–H groups in total. The van der Waals surface area contributed by atoms with Crippen LogP contribution in [0, 0.1) is 6.92 Å². The van der Waals surface area contributed by atoms with E-state index in [0.29, 0.717) is 10.6 Å². The van der Waals surface area contributed by atoms with Gasteiger partial charge in [0.05, 0.1) is 11.3 Å². The molecule has 3 nitrogen and oxygen atoms in total. The van der Waals surface area contributed by atoms with Gasteiger partial charge in [0, 0.05) is 30.4 Å². The first-order valence-electron chi connectivity index (χ1n) is 5.60. The van der Waals surface area contributed by atoms with Gasteiger partial charge in [-0.25, -0.2) is 0 Å². The van der Waals surface area contributed by atoms with E-state index in [1.165, 1.54) is 0 Å². The summed E-state index contributed by atoms with van der Waals surface area (Å²) in [6, 6.07) is 7.35. The molecule has 1 aromatic carbocycles. The van der Waals surface area contributed by atoms with E-state index in [1.54, 1.807) is 18.4 Å². The molecule has 0 saturated heterocycles. The van der Waals surface area contributed by atoms with Crippen molar-refractivity contribution in [2.24, 2.45) is 0 Å². The van der Waals surface area contributed by atoms with Crippen LogP contribution in [-0.2, 0) is 6.54 Å². The molecule has 0 spiro atoms. The van der Waals surface area contributed by atoms with Crippen LogP contribution in [0.2, 0.25) is 5.02 Å². The molecular weight excluding hydrogens is 250 g/mol. The zero-order chi connectivity index (χ0) is 13.1. The van der Waals surface area contributed by atoms with Gasteiger partial charge in [-0.15, -0.1) is 0 Å². The van der Waals surface area contributed by atoms with Crippen LogP contribution in [0.4, 0.5) is 5.69 Å². The summed E-state index contributed by atoms with van der Waals surface area (Å²) >= 11 is 6.01. The quantitative estimate of drug-likeness (QED) is 0.789. The number of hydrogen-bond acceptors (Lipinski definition) is 3. The molecule has 0 bridgehead atoms. The Morgan fingerprint density at radius 2 is 2.17 bits per heavy atom. The van der Waals surface area contributed by atoms with Crippen LogP contribution in [0.5, 0.6) is 0 Å². The summed E-state index contributed by atoms with van der Waals surface area (Å²) in [5.74, 6) is 0.914. The summed E-state index contributed by atoms with van der Waals surface area (Å²) in [6.45, 7) is 2.67. The second kappa shape index (κ2) is 5.27. The van der Waals surface area contributed by atoms with E-state index >= 15 is 0 Å². The Morgan fingerprint density at radius 1 is 1.39 bits per heavy atom. The molecule has 0 amide bonds. The first kappa shape index (κ1) is 12.7. The van der Waals surface area contributed by atoms with Crippen LogP contribution in [0.25, 0.3) is 0 Å². The normalized spacial score (nSPS) is 10.4. The summed E-state index contributed by atoms with van der Waals surface area (Å²) in [7, 11) is 1.97. The number of benzene rings is 1. The highest BCUT2D eigenvalue weighted by molar-refractivity contribution is 6.33. The van der Waals surface area contributed by atoms with Gasteiger partial charge in [0.25, 0.3) is 0 Å². The average Bonchev–Trinajstić information content (AvgIpc) is 2.75. The first-order valence-corrected chi connectivity index (χ1v) is 5.98. The van der Waals surface area contributed by atoms with Crippen molar-refractivity contribution in [1.82, 2.24) is 0 Å². The third kappa shape index (κ3) is 2.57. The maximum Gasteiger partial charge on any atom is 0.151 e. The molecule has 4 heteroatoms. The molecule has 0 saturated carbocycles. The summed E-state index contributed by atoms with van der Waals surface area (Å²) in [5, 5.41) is 0.471. The second-order valence-electron chi connectivity index (χ2n) is 4.18. The number of carbonyl (C=O) groups excluding carboxylic acids is 1. The largest absolute Gasteiger partial charge is 0.469 e. The second-order valence-corrected chi connectivity index (χ2v) is 4.59. The van der Waals surface area contributed by atoms with Crippen molar-refractivity contribution in [2.75, 3.05) is 11.9 Å². The average molecular weight is 264 g/mol. The molecule has 0 aliphatic heterocycles. The predicted octanol–water partition coefficient (Wildman–Crippen LogP) is 3.69. The molecular formula is C14H14ClNO2. The maximum absolute atomic E-state index is 10.7. The molecule has 0 atom stereocenters. The summed E-state index contributed by atoms with van der Waals surface area (Å²) in [5.41, 5.74) is 2.60. The highest BCUT2D eigenvalue weighted by Gasteiger charge is 2.08. The summed E-state index contributed by atoms with van der Waals surface area (Å²) in [6.07, 6.45) is 2.44. The van der Waals surface area contributed by atoms with Crippen molar-refractivity contribution < 1.29 is 9.21 Å². The number of nitrogens with zero attached hydrogens (tertiary/aromatic N) is 1. The summed E-state index contributed by atoms with van der Waals surface area (Å²) in [4.78, 5) is 12.8. The Morgan fingerprint density at radius 3 is 2.72 bits per heavy atom. The van der Waals surface area contributed by atoms with Crippen molar-refractivity contribution in [3.63, 3.8) is 0 Å². The molecule has 1 aromatic heterocycles. The third-order valence-corrected chi connectivity index (χ3v) is 3.25. The molecule has 1 heterocycles. The molecule has 0 unspecified atom stereocenters. The minimum atomic E-state index is 0.471. The van der Waals surface area contributed by atoms with Crippen LogP contribution in [-0.4, -0.2) is 13.3 Å².